The van der Waals surface area contributed by atoms with Crippen LogP contribution in [0.2, 0.25) is 0 Å². The molecule has 0 spiro atoms. The van der Waals surface area contributed by atoms with Gasteiger partial charge in [-0.25, -0.2) is 4.79 Å². The maximum absolute atomic E-state index is 11.3. The molecule has 3 heteroatoms. The van der Waals surface area contributed by atoms with Crippen LogP contribution in [-0.2, 0) is 9.53 Å². The lowest BCUT2D eigenvalue weighted by molar-refractivity contribution is -0.144. The first kappa shape index (κ1) is 11.2. The minimum Gasteiger partial charge on any atom is -0.435 e. The van der Waals surface area contributed by atoms with E-state index in [2.05, 4.69) is 17.9 Å². The van der Waals surface area contributed by atoms with Gasteiger partial charge in [0.05, 0.1) is 5.57 Å². The highest BCUT2D eigenvalue weighted by Gasteiger charge is 2.12. The third kappa shape index (κ3) is 2.54. The molecule has 0 saturated heterocycles. The Morgan fingerprint density at radius 1 is 1.47 bits per heavy atom. The molecule has 0 unspecified atom stereocenters. The molecule has 0 amide bonds. The van der Waals surface area contributed by atoms with Crippen LogP contribution < -0.4 is 0 Å². The maximum Gasteiger partial charge on any atom is 0.340 e. The van der Waals surface area contributed by atoms with Crippen molar-refractivity contribution >= 4 is 17.6 Å². The normalized spacial score (nSPS) is 9.40. The van der Waals surface area contributed by atoms with Crippen LogP contribution in [-0.4, -0.2) is 17.9 Å². The average Bonchev–Trinajstić information content (AvgIpc) is 2.28. The predicted octanol–water partition coefficient (Wildman–Crippen LogP) is 1.84. The number of aliphatic hydroxyl groups is 1. The molecule has 0 aromatic heterocycles. The minimum absolute atomic E-state index is 0.208. The van der Waals surface area contributed by atoms with E-state index in [-0.39, 0.29) is 5.57 Å². The molecule has 0 saturated carbocycles. The van der Waals surface area contributed by atoms with Gasteiger partial charge < -0.3 is 9.84 Å². The van der Waals surface area contributed by atoms with Gasteiger partial charge in [0, 0.05) is 0 Å². The van der Waals surface area contributed by atoms with E-state index < -0.39 is 12.8 Å². The summed E-state index contributed by atoms with van der Waals surface area (Å²) in [5.74, 6) is -0.633. The molecule has 0 atom stereocenters. The van der Waals surface area contributed by atoms with Crippen LogP contribution >= 0.6 is 0 Å². The van der Waals surface area contributed by atoms with Gasteiger partial charge in [0.1, 0.15) is 0 Å². The summed E-state index contributed by atoms with van der Waals surface area (Å²) in [6.07, 6.45) is 1.63. The number of hydrogen-bond donors (Lipinski definition) is 1. The molecule has 0 bridgehead atoms. The molecule has 0 aliphatic heterocycles. The molecule has 15 heavy (non-hydrogen) atoms. The van der Waals surface area contributed by atoms with Crippen molar-refractivity contribution in [2.45, 2.75) is 0 Å². The number of carbonyl (C=O) groups is 1. The number of aliphatic hydroxyl groups excluding tert-OH is 1. The fourth-order valence-corrected chi connectivity index (χ4v) is 1.21. The van der Waals surface area contributed by atoms with Crippen molar-refractivity contribution in [1.82, 2.24) is 0 Å². The second-order valence-electron chi connectivity index (χ2n) is 2.83. The van der Waals surface area contributed by atoms with Crippen molar-refractivity contribution in [3.05, 3.63) is 48.6 Å². The quantitative estimate of drug-likeness (QED) is 0.462. The SMILES string of the molecule is C=Cc1ccccc1C(=C)C(=O)OCO. The van der Waals surface area contributed by atoms with Gasteiger partial charge in [-0.3, -0.25) is 0 Å². The van der Waals surface area contributed by atoms with E-state index in [9.17, 15) is 4.79 Å². The summed E-state index contributed by atoms with van der Waals surface area (Å²) >= 11 is 0. The van der Waals surface area contributed by atoms with Crippen LogP contribution in [0.15, 0.2) is 37.4 Å². The summed E-state index contributed by atoms with van der Waals surface area (Å²) < 4.78 is 4.44. The number of rotatable bonds is 4. The summed E-state index contributed by atoms with van der Waals surface area (Å²) in [5, 5.41) is 8.45. The van der Waals surface area contributed by atoms with Crippen LogP contribution in [0.25, 0.3) is 11.6 Å². The topological polar surface area (TPSA) is 46.5 Å². The van der Waals surface area contributed by atoms with Gasteiger partial charge in [0.15, 0.2) is 6.79 Å². The largest absolute Gasteiger partial charge is 0.435 e. The predicted molar refractivity (Wildman–Crippen MR) is 58.7 cm³/mol. The third-order valence-corrected chi connectivity index (χ3v) is 1.95. The fraction of sp³-hybridized carbons (Fsp3) is 0.0833. The highest BCUT2D eigenvalue weighted by molar-refractivity contribution is 6.16. The zero-order chi connectivity index (χ0) is 11.3. The first-order valence-corrected chi connectivity index (χ1v) is 4.39. The van der Waals surface area contributed by atoms with Crippen LogP contribution in [0.1, 0.15) is 11.1 Å². The van der Waals surface area contributed by atoms with E-state index in [0.717, 1.165) is 5.56 Å². The molecular weight excluding hydrogens is 192 g/mol. The van der Waals surface area contributed by atoms with Gasteiger partial charge in [-0.1, -0.05) is 43.5 Å². The van der Waals surface area contributed by atoms with E-state index in [0.29, 0.717) is 5.56 Å². The van der Waals surface area contributed by atoms with Gasteiger partial charge in [0.2, 0.25) is 0 Å². The second kappa shape index (κ2) is 5.12. The highest BCUT2D eigenvalue weighted by Crippen LogP contribution is 2.19. The molecule has 3 nitrogen and oxygen atoms in total. The van der Waals surface area contributed by atoms with E-state index in [1.165, 1.54) is 0 Å². The Labute approximate surface area is 88.3 Å². The Morgan fingerprint density at radius 2 is 2.13 bits per heavy atom. The standard InChI is InChI=1S/C12H12O3/c1-3-10-6-4-5-7-11(10)9(2)12(14)15-8-13/h3-7,13H,1-2,8H2. The van der Waals surface area contributed by atoms with Gasteiger partial charge >= 0.3 is 5.97 Å². The number of ether oxygens (including phenoxy) is 1. The van der Waals surface area contributed by atoms with Crippen LogP contribution in [0.4, 0.5) is 0 Å². The van der Waals surface area contributed by atoms with Gasteiger partial charge in [-0.15, -0.1) is 0 Å². The van der Waals surface area contributed by atoms with Crippen LogP contribution in [0, 0.1) is 0 Å². The lowest BCUT2D eigenvalue weighted by atomic mass is 10.0. The van der Waals surface area contributed by atoms with Gasteiger partial charge in [0.25, 0.3) is 0 Å². The number of carbonyl (C=O) groups excluding carboxylic acids is 1. The molecule has 1 aromatic carbocycles. The molecular formula is C12H12O3. The lowest BCUT2D eigenvalue weighted by Gasteiger charge is -2.07. The Morgan fingerprint density at radius 3 is 2.73 bits per heavy atom. The lowest BCUT2D eigenvalue weighted by Crippen LogP contribution is -2.07. The Hall–Kier alpha value is -1.87. The molecule has 0 aliphatic carbocycles. The van der Waals surface area contributed by atoms with Gasteiger partial charge in [-0.05, 0) is 11.1 Å². The molecule has 1 rings (SSSR count). The third-order valence-electron chi connectivity index (χ3n) is 1.95. The summed E-state index contributed by atoms with van der Waals surface area (Å²) in [4.78, 5) is 11.3. The molecule has 0 fully saturated rings. The highest BCUT2D eigenvalue weighted by atomic mass is 16.6. The monoisotopic (exact) mass is 204 g/mol. The fourth-order valence-electron chi connectivity index (χ4n) is 1.21. The summed E-state index contributed by atoms with van der Waals surface area (Å²) in [5.41, 5.74) is 1.67. The zero-order valence-electron chi connectivity index (χ0n) is 8.27. The summed E-state index contributed by atoms with van der Waals surface area (Å²) in [7, 11) is 0. The second-order valence-corrected chi connectivity index (χ2v) is 2.83. The Balaban J connectivity index is 3.00. The minimum atomic E-state index is -0.645. The first-order chi connectivity index (χ1) is 7.20. The van der Waals surface area contributed by atoms with E-state index >= 15 is 0 Å². The van der Waals surface area contributed by atoms with E-state index in [4.69, 9.17) is 5.11 Å². The molecule has 78 valence electrons. The van der Waals surface area contributed by atoms with Gasteiger partial charge in [-0.2, -0.15) is 0 Å². The molecule has 0 aliphatic rings. The Kier molecular flexibility index (Phi) is 3.83. The zero-order valence-corrected chi connectivity index (χ0v) is 8.27. The molecule has 0 radical (unpaired) electrons. The number of esters is 1. The smallest absolute Gasteiger partial charge is 0.340 e. The van der Waals surface area contributed by atoms with Crippen molar-refractivity contribution in [1.29, 1.82) is 0 Å². The average molecular weight is 204 g/mol. The van der Waals surface area contributed by atoms with Crippen molar-refractivity contribution in [2.75, 3.05) is 6.79 Å². The van der Waals surface area contributed by atoms with Crippen LogP contribution in [0.5, 0.6) is 0 Å². The first-order valence-electron chi connectivity index (χ1n) is 4.39. The van der Waals surface area contributed by atoms with Crippen molar-refractivity contribution in [3.63, 3.8) is 0 Å². The van der Waals surface area contributed by atoms with Crippen molar-refractivity contribution in [3.8, 4) is 0 Å². The summed E-state index contributed by atoms with van der Waals surface area (Å²) in [6, 6.07) is 7.20. The van der Waals surface area contributed by atoms with E-state index in [1.807, 2.05) is 12.1 Å². The van der Waals surface area contributed by atoms with E-state index in [1.54, 1.807) is 18.2 Å². The number of hydrogen-bond acceptors (Lipinski definition) is 3. The maximum atomic E-state index is 11.3. The van der Waals surface area contributed by atoms with Crippen LogP contribution in [0.3, 0.4) is 0 Å². The molecule has 1 aromatic rings. The Bertz CT molecular complexity index is 394. The summed E-state index contributed by atoms with van der Waals surface area (Å²) in [6.45, 7) is 6.61. The van der Waals surface area contributed by atoms with Crippen molar-refractivity contribution < 1.29 is 14.6 Å². The van der Waals surface area contributed by atoms with Crippen molar-refractivity contribution in [2.24, 2.45) is 0 Å². The molecule has 1 N–H and O–H groups in total. The number of benzene rings is 1. The molecule has 0 heterocycles.